The molecule has 1 fully saturated rings. The van der Waals surface area contributed by atoms with Crippen LogP contribution in [0, 0.1) is 6.92 Å². The molecule has 0 unspecified atom stereocenters. The van der Waals surface area contributed by atoms with Crippen molar-refractivity contribution in [3.8, 4) is 0 Å². The standard InChI is InChI=1S/C13H20N2O2S/c1-11-3-5-13(6-4-11)18(16,17)15-9-7-12(14-2)8-10-15/h3-6,12,14H,7-10H2,1-2H3. The molecule has 1 N–H and O–H groups in total. The van der Waals surface area contributed by atoms with Gasteiger partial charge >= 0.3 is 0 Å². The van der Waals surface area contributed by atoms with E-state index >= 15 is 0 Å². The summed E-state index contributed by atoms with van der Waals surface area (Å²) in [4.78, 5) is 0.399. The number of nitrogens with zero attached hydrogens (tertiary/aromatic N) is 1. The van der Waals surface area contributed by atoms with Gasteiger partial charge in [-0.3, -0.25) is 0 Å². The molecule has 1 saturated heterocycles. The van der Waals surface area contributed by atoms with E-state index in [2.05, 4.69) is 5.32 Å². The lowest BCUT2D eigenvalue weighted by atomic mass is 10.1. The lowest BCUT2D eigenvalue weighted by Crippen LogP contribution is -2.43. The molecule has 1 heterocycles. The zero-order chi connectivity index (χ0) is 13.2. The summed E-state index contributed by atoms with van der Waals surface area (Å²) in [5.74, 6) is 0. The molecular formula is C13H20N2O2S. The maximum atomic E-state index is 12.4. The molecule has 0 aliphatic carbocycles. The van der Waals surface area contributed by atoms with Crippen LogP contribution in [0.5, 0.6) is 0 Å². The first-order chi connectivity index (χ1) is 8.54. The topological polar surface area (TPSA) is 49.4 Å². The van der Waals surface area contributed by atoms with Crippen molar-refractivity contribution in [2.75, 3.05) is 20.1 Å². The maximum absolute atomic E-state index is 12.4. The summed E-state index contributed by atoms with van der Waals surface area (Å²) in [7, 11) is -1.38. The summed E-state index contributed by atoms with van der Waals surface area (Å²) >= 11 is 0. The Balaban J connectivity index is 2.15. The highest BCUT2D eigenvalue weighted by atomic mass is 32.2. The molecule has 5 heteroatoms. The second kappa shape index (κ2) is 5.38. The van der Waals surface area contributed by atoms with Crippen molar-refractivity contribution in [1.29, 1.82) is 0 Å². The van der Waals surface area contributed by atoms with Crippen LogP contribution in [0.15, 0.2) is 29.2 Å². The molecule has 1 aliphatic rings. The lowest BCUT2D eigenvalue weighted by Gasteiger charge is -2.30. The molecule has 0 amide bonds. The quantitative estimate of drug-likeness (QED) is 0.900. The summed E-state index contributed by atoms with van der Waals surface area (Å²) in [6.45, 7) is 3.15. The van der Waals surface area contributed by atoms with Gasteiger partial charge in [0.15, 0.2) is 0 Å². The summed E-state index contributed by atoms with van der Waals surface area (Å²) in [5.41, 5.74) is 1.07. The molecule has 1 aromatic carbocycles. The van der Waals surface area contributed by atoms with Crippen LogP contribution in [-0.2, 0) is 10.0 Å². The van der Waals surface area contributed by atoms with Gasteiger partial charge in [-0.1, -0.05) is 17.7 Å². The second-order valence-electron chi connectivity index (χ2n) is 4.78. The van der Waals surface area contributed by atoms with Crippen molar-refractivity contribution in [3.63, 3.8) is 0 Å². The molecule has 0 aromatic heterocycles. The zero-order valence-corrected chi connectivity index (χ0v) is 11.7. The van der Waals surface area contributed by atoms with Gasteiger partial charge in [-0.25, -0.2) is 8.42 Å². The number of piperidine rings is 1. The molecule has 0 spiro atoms. The van der Waals surface area contributed by atoms with Gasteiger partial charge in [0.1, 0.15) is 0 Å². The van der Waals surface area contributed by atoms with E-state index < -0.39 is 10.0 Å². The lowest BCUT2D eigenvalue weighted by molar-refractivity contribution is 0.298. The van der Waals surface area contributed by atoms with Crippen molar-refractivity contribution < 1.29 is 8.42 Å². The molecule has 18 heavy (non-hydrogen) atoms. The zero-order valence-electron chi connectivity index (χ0n) is 10.9. The van der Waals surface area contributed by atoms with Crippen LogP contribution in [0.4, 0.5) is 0 Å². The fraction of sp³-hybridized carbons (Fsp3) is 0.538. The van der Waals surface area contributed by atoms with Gasteiger partial charge in [-0.2, -0.15) is 4.31 Å². The van der Waals surface area contributed by atoms with E-state index in [1.54, 1.807) is 16.4 Å². The first-order valence-corrected chi connectivity index (χ1v) is 7.72. The molecule has 0 saturated carbocycles. The summed E-state index contributed by atoms with van der Waals surface area (Å²) in [5, 5.41) is 3.20. The Morgan fingerprint density at radius 3 is 2.22 bits per heavy atom. The third-order valence-electron chi connectivity index (χ3n) is 3.52. The average Bonchev–Trinajstić information content (AvgIpc) is 2.39. The van der Waals surface area contributed by atoms with Gasteiger partial charge in [0.05, 0.1) is 4.90 Å². The molecule has 100 valence electrons. The molecule has 4 nitrogen and oxygen atoms in total. The predicted octanol–water partition coefficient (Wildman–Crippen LogP) is 1.37. The van der Waals surface area contributed by atoms with E-state index in [1.165, 1.54) is 0 Å². The van der Waals surface area contributed by atoms with E-state index in [0.29, 0.717) is 24.0 Å². The Morgan fingerprint density at radius 2 is 1.72 bits per heavy atom. The predicted molar refractivity (Wildman–Crippen MR) is 72.0 cm³/mol. The van der Waals surface area contributed by atoms with E-state index in [9.17, 15) is 8.42 Å². The summed E-state index contributed by atoms with van der Waals surface area (Å²) in [6, 6.07) is 7.50. The van der Waals surface area contributed by atoms with Crippen molar-refractivity contribution in [1.82, 2.24) is 9.62 Å². The van der Waals surface area contributed by atoms with Crippen molar-refractivity contribution >= 4 is 10.0 Å². The van der Waals surface area contributed by atoms with Crippen LogP contribution >= 0.6 is 0 Å². The fourth-order valence-electron chi connectivity index (χ4n) is 2.24. The Morgan fingerprint density at radius 1 is 1.17 bits per heavy atom. The van der Waals surface area contributed by atoms with Gasteiger partial charge < -0.3 is 5.32 Å². The number of rotatable bonds is 3. The normalized spacial score (nSPS) is 19.0. The highest BCUT2D eigenvalue weighted by molar-refractivity contribution is 7.89. The second-order valence-corrected chi connectivity index (χ2v) is 6.72. The minimum absolute atomic E-state index is 0.399. The Labute approximate surface area is 109 Å². The fourth-order valence-corrected chi connectivity index (χ4v) is 3.71. The summed E-state index contributed by atoms with van der Waals surface area (Å²) < 4.78 is 26.4. The molecule has 1 aromatic rings. The Hall–Kier alpha value is -0.910. The highest BCUT2D eigenvalue weighted by Gasteiger charge is 2.28. The van der Waals surface area contributed by atoms with E-state index in [1.807, 2.05) is 26.1 Å². The number of hydrogen-bond acceptors (Lipinski definition) is 3. The Bertz CT molecular complexity index is 488. The molecule has 1 aliphatic heterocycles. The number of sulfonamides is 1. The van der Waals surface area contributed by atoms with Crippen LogP contribution in [0.25, 0.3) is 0 Å². The minimum Gasteiger partial charge on any atom is -0.317 e. The van der Waals surface area contributed by atoms with Gasteiger partial charge in [0.25, 0.3) is 0 Å². The number of aryl methyl sites for hydroxylation is 1. The van der Waals surface area contributed by atoms with Crippen LogP contribution in [-0.4, -0.2) is 38.9 Å². The highest BCUT2D eigenvalue weighted by Crippen LogP contribution is 2.20. The van der Waals surface area contributed by atoms with Crippen molar-refractivity contribution in [2.24, 2.45) is 0 Å². The summed E-state index contributed by atoms with van der Waals surface area (Å²) in [6.07, 6.45) is 1.75. The van der Waals surface area contributed by atoms with Crippen LogP contribution in [0.2, 0.25) is 0 Å². The van der Waals surface area contributed by atoms with E-state index in [4.69, 9.17) is 0 Å². The average molecular weight is 268 g/mol. The molecule has 2 rings (SSSR count). The number of nitrogens with one attached hydrogen (secondary N) is 1. The van der Waals surface area contributed by atoms with Crippen molar-refractivity contribution in [2.45, 2.75) is 30.7 Å². The number of hydrogen-bond donors (Lipinski definition) is 1. The first kappa shape index (κ1) is 13.5. The monoisotopic (exact) mass is 268 g/mol. The largest absolute Gasteiger partial charge is 0.317 e. The van der Waals surface area contributed by atoms with Crippen molar-refractivity contribution in [3.05, 3.63) is 29.8 Å². The smallest absolute Gasteiger partial charge is 0.243 e. The number of benzene rings is 1. The SMILES string of the molecule is CNC1CCN(S(=O)(=O)c2ccc(C)cc2)CC1. The maximum Gasteiger partial charge on any atom is 0.243 e. The van der Waals surface area contributed by atoms with Gasteiger partial charge in [-0.15, -0.1) is 0 Å². The Kier molecular flexibility index (Phi) is 4.04. The van der Waals surface area contributed by atoms with Crippen LogP contribution in [0.3, 0.4) is 0 Å². The molecule has 0 atom stereocenters. The van der Waals surface area contributed by atoms with Crippen LogP contribution in [0.1, 0.15) is 18.4 Å². The van der Waals surface area contributed by atoms with Crippen LogP contribution < -0.4 is 5.32 Å². The molecule has 0 bridgehead atoms. The molecular weight excluding hydrogens is 248 g/mol. The first-order valence-electron chi connectivity index (χ1n) is 6.28. The third-order valence-corrected chi connectivity index (χ3v) is 5.43. The third kappa shape index (κ3) is 2.74. The minimum atomic E-state index is -3.30. The van der Waals surface area contributed by atoms with E-state index in [0.717, 1.165) is 18.4 Å². The van der Waals surface area contributed by atoms with Gasteiger partial charge in [0, 0.05) is 19.1 Å². The van der Waals surface area contributed by atoms with E-state index in [-0.39, 0.29) is 0 Å². The van der Waals surface area contributed by atoms with Gasteiger partial charge in [0.2, 0.25) is 10.0 Å². The van der Waals surface area contributed by atoms with Gasteiger partial charge in [-0.05, 0) is 38.9 Å². The molecule has 0 radical (unpaired) electrons.